The number of carbonyl (C=O) groups is 1. The molecule has 1 heterocycles. The number of carbonyl (C=O) groups excluding carboxylic acids is 1. The van der Waals surface area contributed by atoms with Crippen molar-refractivity contribution in [1.29, 1.82) is 0 Å². The Morgan fingerprint density at radius 2 is 2.06 bits per heavy atom. The maximum atomic E-state index is 12.8. The molecule has 5 heteroatoms. The van der Waals surface area contributed by atoms with Crippen molar-refractivity contribution >= 4 is 5.91 Å². The Morgan fingerprint density at radius 1 is 1.32 bits per heavy atom. The monoisotopic (exact) mass is 428 g/mol. The number of fused-ring (bicyclic) bond motifs is 1. The predicted octanol–water partition coefficient (Wildman–Crippen LogP) is 4.41. The van der Waals surface area contributed by atoms with Crippen LogP contribution in [0.15, 0.2) is 18.2 Å². The van der Waals surface area contributed by atoms with Gasteiger partial charge in [-0.2, -0.15) is 0 Å². The van der Waals surface area contributed by atoms with Crippen molar-refractivity contribution in [2.75, 3.05) is 27.8 Å². The van der Waals surface area contributed by atoms with Crippen LogP contribution in [-0.2, 0) is 16.1 Å². The number of rotatable bonds is 6. The van der Waals surface area contributed by atoms with Crippen LogP contribution in [0.25, 0.3) is 0 Å². The van der Waals surface area contributed by atoms with Gasteiger partial charge in [0.25, 0.3) is 0 Å². The minimum Gasteiger partial charge on any atom is -0.496 e. The molecular formula is C26H40N2O3. The Hall–Kier alpha value is -1.59. The number of ether oxygens (including phenoxy) is 2. The molecular weight excluding hydrogens is 388 g/mol. The summed E-state index contributed by atoms with van der Waals surface area (Å²) in [5.41, 5.74) is 2.66. The van der Waals surface area contributed by atoms with E-state index in [9.17, 15) is 4.79 Å². The van der Waals surface area contributed by atoms with Gasteiger partial charge in [-0.25, -0.2) is 0 Å². The summed E-state index contributed by atoms with van der Waals surface area (Å²) in [5.74, 6) is 2.10. The first-order valence-electron chi connectivity index (χ1n) is 11.8. The molecule has 1 amide bonds. The van der Waals surface area contributed by atoms with Gasteiger partial charge in [-0.1, -0.05) is 33.8 Å². The average Bonchev–Trinajstić information content (AvgIpc) is 3.19. The molecule has 1 aliphatic heterocycles. The van der Waals surface area contributed by atoms with Crippen molar-refractivity contribution in [2.24, 2.45) is 28.6 Å². The molecule has 1 spiro atoms. The van der Waals surface area contributed by atoms with Gasteiger partial charge in [0.1, 0.15) is 5.75 Å². The molecule has 1 aromatic rings. The molecule has 1 aromatic carbocycles. The molecule has 172 valence electrons. The van der Waals surface area contributed by atoms with Crippen LogP contribution in [0.2, 0.25) is 0 Å². The molecule has 4 rings (SSSR count). The van der Waals surface area contributed by atoms with E-state index in [1.807, 2.05) is 13.8 Å². The quantitative estimate of drug-likeness (QED) is 0.729. The number of nitrogens with zero attached hydrogens (tertiary/aromatic N) is 1. The summed E-state index contributed by atoms with van der Waals surface area (Å²) in [6.45, 7) is 10.3. The summed E-state index contributed by atoms with van der Waals surface area (Å²) < 4.78 is 12.3. The molecule has 3 aliphatic rings. The third kappa shape index (κ3) is 3.68. The summed E-state index contributed by atoms with van der Waals surface area (Å²) in [5, 5.41) is 3.50. The van der Waals surface area contributed by atoms with Crippen LogP contribution in [0.1, 0.15) is 64.2 Å². The van der Waals surface area contributed by atoms with Crippen LogP contribution in [0.4, 0.5) is 0 Å². The van der Waals surface area contributed by atoms with Crippen molar-refractivity contribution in [3.05, 3.63) is 29.3 Å². The fourth-order valence-electron chi connectivity index (χ4n) is 6.87. The van der Waals surface area contributed by atoms with Crippen LogP contribution in [0.3, 0.4) is 0 Å². The standard InChI is InChI=1S/C26H40N2O3/c1-16(2)23(29)27-24-25(3,4)18-13-20-22(31-11-10-26(20,24)14-18)19-12-17(15-28(5)6)8-9-21(19)30-7/h8-9,12,16,18,20,22,24H,10-11,13-15H2,1-7H3,(H,27,29)/t18-,20-,22-,24+,26-/m1/s1. The normalized spacial score (nSPS) is 33.6. The van der Waals surface area contributed by atoms with Crippen molar-refractivity contribution in [3.8, 4) is 5.75 Å². The number of hydrogen-bond donors (Lipinski definition) is 1. The summed E-state index contributed by atoms with van der Waals surface area (Å²) in [4.78, 5) is 15.0. The Balaban J connectivity index is 1.71. The lowest BCUT2D eigenvalue weighted by Gasteiger charge is -2.53. The van der Waals surface area contributed by atoms with E-state index in [2.05, 4.69) is 56.4 Å². The van der Waals surface area contributed by atoms with Crippen molar-refractivity contribution in [1.82, 2.24) is 10.2 Å². The summed E-state index contributed by atoms with van der Waals surface area (Å²) >= 11 is 0. The topological polar surface area (TPSA) is 50.8 Å². The SMILES string of the molecule is COc1ccc(CN(C)C)cc1[C@H]1OCC[C@@]23C[C@@H](C[C@H]12)C(C)(C)[C@@H]3NC(=O)C(C)C. The van der Waals surface area contributed by atoms with Crippen LogP contribution >= 0.6 is 0 Å². The lowest BCUT2D eigenvalue weighted by Crippen LogP contribution is -2.59. The number of methoxy groups -OCH3 is 1. The second-order valence-corrected chi connectivity index (χ2v) is 11.2. The zero-order chi connectivity index (χ0) is 22.6. The van der Waals surface area contributed by atoms with Gasteiger partial charge in [0, 0.05) is 30.7 Å². The Morgan fingerprint density at radius 3 is 2.71 bits per heavy atom. The molecule has 1 saturated heterocycles. The molecule has 5 atom stereocenters. The van der Waals surface area contributed by atoms with E-state index in [4.69, 9.17) is 9.47 Å². The second kappa shape index (κ2) is 8.08. The van der Waals surface area contributed by atoms with Gasteiger partial charge in [-0.05, 0) is 73.7 Å². The first-order chi connectivity index (χ1) is 14.6. The smallest absolute Gasteiger partial charge is 0.222 e. The highest BCUT2D eigenvalue weighted by atomic mass is 16.5. The minimum absolute atomic E-state index is 0.00298. The Labute approximate surface area is 187 Å². The highest BCUT2D eigenvalue weighted by Crippen LogP contribution is 2.70. The van der Waals surface area contributed by atoms with Gasteiger partial charge in [0.2, 0.25) is 5.91 Å². The second-order valence-electron chi connectivity index (χ2n) is 11.2. The maximum Gasteiger partial charge on any atom is 0.222 e. The lowest BCUT2D eigenvalue weighted by atomic mass is 9.58. The molecule has 2 bridgehead atoms. The fourth-order valence-corrected chi connectivity index (χ4v) is 6.87. The zero-order valence-electron chi connectivity index (χ0n) is 20.3. The molecule has 2 aliphatic carbocycles. The number of benzene rings is 1. The van der Waals surface area contributed by atoms with E-state index in [-0.39, 0.29) is 34.8 Å². The van der Waals surface area contributed by atoms with Gasteiger partial charge < -0.3 is 19.7 Å². The molecule has 2 saturated carbocycles. The van der Waals surface area contributed by atoms with Crippen molar-refractivity contribution in [2.45, 2.75) is 65.6 Å². The average molecular weight is 429 g/mol. The van der Waals surface area contributed by atoms with Gasteiger partial charge >= 0.3 is 0 Å². The van der Waals surface area contributed by atoms with Crippen LogP contribution < -0.4 is 10.1 Å². The predicted molar refractivity (Wildman–Crippen MR) is 123 cm³/mol. The lowest BCUT2D eigenvalue weighted by molar-refractivity contribution is -0.139. The first-order valence-corrected chi connectivity index (χ1v) is 11.8. The third-order valence-electron chi connectivity index (χ3n) is 8.42. The minimum atomic E-state index is 0.00298. The van der Waals surface area contributed by atoms with Crippen molar-refractivity contribution in [3.63, 3.8) is 0 Å². The van der Waals surface area contributed by atoms with E-state index >= 15 is 0 Å². The number of amides is 1. The molecule has 31 heavy (non-hydrogen) atoms. The largest absolute Gasteiger partial charge is 0.496 e. The third-order valence-corrected chi connectivity index (χ3v) is 8.42. The summed E-state index contributed by atoms with van der Waals surface area (Å²) in [6.07, 6.45) is 3.39. The van der Waals surface area contributed by atoms with E-state index in [1.165, 1.54) is 17.5 Å². The van der Waals surface area contributed by atoms with E-state index in [1.54, 1.807) is 7.11 Å². The highest BCUT2D eigenvalue weighted by molar-refractivity contribution is 5.78. The van der Waals surface area contributed by atoms with Gasteiger partial charge in [0.15, 0.2) is 0 Å². The molecule has 0 aromatic heterocycles. The van der Waals surface area contributed by atoms with Gasteiger partial charge in [-0.3, -0.25) is 4.79 Å². The van der Waals surface area contributed by atoms with Crippen LogP contribution in [0, 0.1) is 28.6 Å². The molecule has 3 fully saturated rings. The Bertz CT molecular complexity index is 834. The van der Waals surface area contributed by atoms with Crippen LogP contribution in [0.5, 0.6) is 5.75 Å². The molecule has 0 unspecified atom stereocenters. The molecule has 0 radical (unpaired) electrons. The number of hydrogen-bond acceptors (Lipinski definition) is 4. The van der Waals surface area contributed by atoms with E-state index in [0.29, 0.717) is 11.8 Å². The zero-order valence-corrected chi connectivity index (χ0v) is 20.3. The summed E-state index contributed by atoms with van der Waals surface area (Å²) in [7, 11) is 5.94. The van der Waals surface area contributed by atoms with Crippen LogP contribution in [-0.4, -0.2) is 44.7 Å². The van der Waals surface area contributed by atoms with Gasteiger partial charge in [-0.15, -0.1) is 0 Å². The van der Waals surface area contributed by atoms with E-state index in [0.717, 1.165) is 31.7 Å². The number of nitrogens with one attached hydrogen (secondary N) is 1. The summed E-state index contributed by atoms with van der Waals surface area (Å²) in [6, 6.07) is 6.72. The van der Waals surface area contributed by atoms with Gasteiger partial charge in [0.05, 0.1) is 13.2 Å². The maximum absolute atomic E-state index is 12.8. The first kappa shape index (κ1) is 22.6. The van der Waals surface area contributed by atoms with Crippen molar-refractivity contribution < 1.29 is 14.3 Å². The highest BCUT2D eigenvalue weighted by Gasteiger charge is 2.68. The fraction of sp³-hybridized carbons (Fsp3) is 0.731. The molecule has 1 N–H and O–H groups in total. The van der Waals surface area contributed by atoms with E-state index < -0.39 is 0 Å². The Kier molecular flexibility index (Phi) is 5.89. The molecule has 5 nitrogen and oxygen atoms in total.